The van der Waals surface area contributed by atoms with Crippen LogP contribution in [0.4, 0.5) is 0 Å². The number of nitrogens with two attached hydrogens (primary N) is 4. The van der Waals surface area contributed by atoms with Crippen molar-refractivity contribution < 1.29 is 92.0 Å². The monoisotopic (exact) mass is 1440 g/mol. The average molecular weight is 1440 g/mol. The Bertz CT molecular complexity index is 3090. The van der Waals surface area contributed by atoms with E-state index in [0.29, 0.717) is 19.3 Å². The first-order valence-electron chi connectivity index (χ1n) is 32.9. The molecule has 6 aliphatic heterocycles. The number of hydrogen-bond donors (Lipinski definition) is 17. The van der Waals surface area contributed by atoms with E-state index in [1.807, 2.05) is 0 Å². The maximum atomic E-state index is 14.9. The third-order valence-electron chi connectivity index (χ3n) is 17.9. The highest BCUT2D eigenvalue weighted by atomic mass is 33.1. The molecule has 6 heterocycles. The Morgan fingerprint density at radius 2 is 0.889 bits per heavy atom. The van der Waals surface area contributed by atoms with E-state index in [0.717, 1.165) is 40.3 Å². The highest BCUT2D eigenvalue weighted by molar-refractivity contribution is 8.76. The zero-order valence-corrected chi connectivity index (χ0v) is 57.2. The van der Waals surface area contributed by atoms with E-state index < -0.39 is 229 Å². The second-order valence-corrected chi connectivity index (χ2v) is 27.8. The van der Waals surface area contributed by atoms with Crippen molar-refractivity contribution in [1.82, 2.24) is 72.8 Å². The summed E-state index contributed by atoms with van der Waals surface area (Å²) >= 11 is 0. The van der Waals surface area contributed by atoms with Gasteiger partial charge in [0.05, 0.1) is 38.2 Å². The van der Waals surface area contributed by atoms with Crippen molar-refractivity contribution in [3.05, 3.63) is 0 Å². The van der Waals surface area contributed by atoms with Crippen LogP contribution in [0.25, 0.3) is 0 Å². The lowest BCUT2D eigenvalue weighted by Gasteiger charge is -2.35. The summed E-state index contributed by atoms with van der Waals surface area (Å²) in [6.45, 7) is 3.36. The summed E-state index contributed by atoms with van der Waals surface area (Å²) in [5.74, 6) is -18.5. The van der Waals surface area contributed by atoms with Crippen molar-refractivity contribution in [2.24, 2.45) is 33.8 Å². The molecule has 16 atom stereocenters. The average Bonchev–Trinajstić information content (AvgIpc) is 1.71. The molecule has 0 spiro atoms. The molecule has 6 saturated heterocycles. The summed E-state index contributed by atoms with van der Waals surface area (Å²) in [6.07, 6.45) is -3.91. The molecule has 99 heavy (non-hydrogen) atoms. The molecule has 0 saturated carbocycles. The summed E-state index contributed by atoms with van der Waals surface area (Å²) in [5.41, 5.74) is 22.1. The summed E-state index contributed by atoms with van der Waals surface area (Å²) < 4.78 is 0. The highest BCUT2D eigenvalue weighted by Gasteiger charge is 2.48. The number of nitrogens with one attached hydrogen (secondary N) is 10. The van der Waals surface area contributed by atoms with Crippen LogP contribution in [-0.2, 0) is 76.7 Å². The Labute approximate surface area is 577 Å². The smallest absolute Gasteiger partial charge is 0.248 e. The fourth-order valence-electron chi connectivity index (χ4n) is 12.5. The SMILES string of the molecule is CC[C@H](C)[C@@H]1NC(=O)[C@@H]2CCCN2C(=O)[C@@H]2CCCN2C(=O)[C@@H]2CCCN2C(=O)[C@H](CO)NC(=O)[C@H](CCCN=C(N)N)NC(=O)[C@H]([C@@H](C)O)NC(=O)[C@@H]2CSSC[C@H](NC1=O)C(=O)N[C@@H](CC(N)=O)C(=O)N1CCC[C@H]1C(=O)N[C@@H](CC(N)=O)C(=O)NCC(=O)N[C@@H]([C@@H](C)O)C(=O)N2. The molecule has 6 fully saturated rings. The predicted molar refractivity (Wildman–Crippen MR) is 352 cm³/mol. The molecule has 0 aromatic heterocycles. The number of fused-ring (bicyclic) bond motifs is 9. The van der Waals surface area contributed by atoms with Crippen LogP contribution >= 0.6 is 21.6 Å². The number of primary amides is 2. The molecule has 550 valence electrons. The Balaban J connectivity index is 1.47. The van der Waals surface area contributed by atoms with Crippen LogP contribution in [0, 0.1) is 5.92 Å². The van der Waals surface area contributed by atoms with E-state index in [4.69, 9.17) is 22.9 Å². The maximum Gasteiger partial charge on any atom is 0.248 e. The van der Waals surface area contributed by atoms with Gasteiger partial charge >= 0.3 is 0 Å². The van der Waals surface area contributed by atoms with Gasteiger partial charge in [-0.25, -0.2) is 0 Å². The lowest BCUT2D eigenvalue weighted by atomic mass is 9.97. The van der Waals surface area contributed by atoms with Crippen molar-refractivity contribution in [2.75, 3.05) is 57.4 Å². The largest absolute Gasteiger partial charge is 0.394 e. The molecule has 6 rings (SSSR count). The number of carbonyl (C=O) groups is 16. The quantitative estimate of drug-likeness (QED) is 0.0352. The van der Waals surface area contributed by atoms with Gasteiger partial charge in [0.15, 0.2) is 5.96 Å². The molecular formula is C59H93N19O19S2. The molecular weight excluding hydrogens is 1340 g/mol. The number of guanidine groups is 1. The first-order valence-corrected chi connectivity index (χ1v) is 35.4. The van der Waals surface area contributed by atoms with Gasteiger partial charge in [0.2, 0.25) is 94.5 Å². The lowest BCUT2D eigenvalue weighted by molar-refractivity contribution is -0.151. The fraction of sp³-hybridized carbons (Fsp3) is 0.712. The van der Waals surface area contributed by atoms with E-state index in [-0.39, 0.29) is 90.0 Å². The topological polar surface area (TPSA) is 584 Å². The molecule has 40 heteroatoms. The number of nitrogens with zero attached hydrogens (tertiary/aromatic N) is 5. The van der Waals surface area contributed by atoms with Gasteiger partial charge in [0, 0.05) is 44.2 Å². The number of amides is 16. The molecule has 2 bridgehead atoms. The number of carbonyl (C=O) groups excluding carboxylic acids is 16. The molecule has 0 aromatic rings. The third-order valence-corrected chi connectivity index (χ3v) is 20.4. The summed E-state index contributed by atoms with van der Waals surface area (Å²) in [5, 5.41) is 57.0. The van der Waals surface area contributed by atoms with Crippen LogP contribution in [-0.4, -0.2) is 284 Å². The molecule has 0 unspecified atom stereocenters. The van der Waals surface area contributed by atoms with Crippen molar-refractivity contribution in [1.29, 1.82) is 0 Å². The minimum absolute atomic E-state index is 0.0170. The van der Waals surface area contributed by atoms with E-state index in [1.165, 1.54) is 14.7 Å². The number of aliphatic hydroxyl groups excluding tert-OH is 3. The van der Waals surface area contributed by atoms with Crippen molar-refractivity contribution in [3.8, 4) is 0 Å². The maximum absolute atomic E-state index is 14.9. The van der Waals surface area contributed by atoms with Gasteiger partial charge in [-0.2, -0.15) is 0 Å². The molecule has 0 aromatic carbocycles. The van der Waals surface area contributed by atoms with E-state index >= 15 is 0 Å². The van der Waals surface area contributed by atoms with Gasteiger partial charge in [-0.1, -0.05) is 41.9 Å². The first-order chi connectivity index (χ1) is 46.9. The zero-order chi connectivity index (χ0) is 73.1. The van der Waals surface area contributed by atoms with Gasteiger partial charge in [-0.3, -0.25) is 81.7 Å². The summed E-state index contributed by atoms with van der Waals surface area (Å²) in [4.78, 5) is 236. The molecule has 0 aliphatic carbocycles. The van der Waals surface area contributed by atoms with Crippen LogP contribution in [0.15, 0.2) is 4.99 Å². The van der Waals surface area contributed by atoms with E-state index in [1.54, 1.807) is 13.8 Å². The van der Waals surface area contributed by atoms with Gasteiger partial charge in [0.25, 0.3) is 0 Å². The lowest BCUT2D eigenvalue weighted by Crippen LogP contribution is -2.63. The van der Waals surface area contributed by atoms with Gasteiger partial charge in [-0.05, 0) is 84.0 Å². The van der Waals surface area contributed by atoms with Crippen molar-refractivity contribution in [3.63, 3.8) is 0 Å². The van der Waals surface area contributed by atoms with Crippen LogP contribution in [0.3, 0.4) is 0 Å². The Kier molecular flexibility index (Phi) is 29.6. The molecule has 38 nitrogen and oxygen atoms in total. The number of aliphatic imine (C=N–C) groups is 1. The Hall–Kier alpha value is -8.63. The van der Waals surface area contributed by atoms with Crippen molar-refractivity contribution >= 4 is 122 Å². The molecule has 6 aliphatic rings. The normalized spacial score (nSPS) is 30.2. The molecule has 16 amide bonds. The standard InChI is InChI=1S/C59H93N19O19S2/c1-5-27(2)43-52(91)70-34-25-98-99-26-35(71-53(92)44(28(3)80)72-42(84)23-65-46(85)31(21-40(60)82)67-50(89)36-12-7-17-75(36)55(94)32(22-41(61)83)68-48(34)87)49(88)74-45(29(4)81)54(93)66-30(11-6-16-64-59(62)63)47(86)69-33(24-79)56(95)77-19-9-14-38(77)58(97)78-20-10-15-39(78)57(96)76-18-8-13-37(76)51(90)73-43/h27-39,43-45,79-81H,5-26H2,1-4H3,(H2,60,82)(H2,61,83)(H,65,85)(H,66,93)(H,67,89)(H,68,87)(H,69,86)(H,70,91)(H,71,92)(H,72,84)(H,73,90)(H,74,88)(H4,62,63,64)/t27-,28+,29+,30-,31-,32-,33-,34-,35-,36-,37-,38-,39-,43-,44-,45-/m0/s1. The summed E-state index contributed by atoms with van der Waals surface area (Å²) in [7, 11) is 1.49. The molecule has 0 radical (unpaired) electrons. The van der Waals surface area contributed by atoms with Gasteiger partial charge < -0.3 is 111 Å². The second kappa shape index (κ2) is 37.0. The zero-order valence-electron chi connectivity index (χ0n) is 55.5. The van der Waals surface area contributed by atoms with Gasteiger partial charge in [-0.15, -0.1) is 0 Å². The first kappa shape index (κ1) is 79.4. The van der Waals surface area contributed by atoms with Gasteiger partial charge in [0.1, 0.15) is 78.5 Å². The minimum Gasteiger partial charge on any atom is -0.394 e. The van der Waals surface area contributed by atoms with Crippen LogP contribution in [0.5, 0.6) is 0 Å². The Morgan fingerprint density at radius 3 is 1.39 bits per heavy atom. The fourth-order valence-corrected chi connectivity index (χ4v) is 14.8. The highest BCUT2D eigenvalue weighted by Crippen LogP contribution is 2.30. The van der Waals surface area contributed by atoms with Crippen LogP contribution in [0.1, 0.15) is 111 Å². The van der Waals surface area contributed by atoms with Crippen molar-refractivity contribution in [2.45, 2.75) is 202 Å². The Morgan fingerprint density at radius 1 is 0.485 bits per heavy atom. The van der Waals surface area contributed by atoms with E-state index in [9.17, 15) is 92.0 Å². The second-order valence-electron chi connectivity index (χ2n) is 25.3. The van der Waals surface area contributed by atoms with Crippen LogP contribution < -0.4 is 76.1 Å². The molecule has 21 N–H and O–H groups in total. The number of hydrogen-bond acceptors (Lipinski definition) is 22. The predicted octanol–water partition coefficient (Wildman–Crippen LogP) is -9.56. The van der Waals surface area contributed by atoms with E-state index in [2.05, 4.69) is 58.2 Å². The number of aliphatic hydroxyl groups is 3. The third kappa shape index (κ3) is 21.4. The number of rotatable bonds is 13. The summed E-state index contributed by atoms with van der Waals surface area (Å²) in [6, 6.07) is -21.0. The van der Waals surface area contributed by atoms with Crippen LogP contribution in [0.2, 0.25) is 0 Å². The minimum atomic E-state index is -2.01.